The smallest absolute Gasteiger partial charge is 0.239 e. The van der Waals surface area contributed by atoms with Crippen molar-refractivity contribution in [1.82, 2.24) is 9.80 Å². The van der Waals surface area contributed by atoms with Crippen molar-refractivity contribution in [3.05, 3.63) is 0 Å². The van der Waals surface area contributed by atoms with Gasteiger partial charge in [0, 0.05) is 25.2 Å². The first-order chi connectivity index (χ1) is 7.38. The number of rotatable bonds is 3. The summed E-state index contributed by atoms with van der Waals surface area (Å²) in [6, 6.07) is -0.316. The number of nitrogens with two attached hydrogens (primary N) is 1. The lowest BCUT2D eigenvalue weighted by molar-refractivity contribution is -0.137. The first-order valence-corrected chi connectivity index (χ1v) is 6.14. The second kappa shape index (κ2) is 5.15. The molecular formula is C12H25N3O. The molecule has 1 amide bonds. The molecule has 1 atom stereocenters. The zero-order valence-electron chi connectivity index (χ0n) is 11.0. The van der Waals surface area contributed by atoms with Crippen molar-refractivity contribution in [2.45, 2.75) is 45.2 Å². The van der Waals surface area contributed by atoms with Crippen LogP contribution in [0, 0.1) is 0 Å². The fourth-order valence-electron chi connectivity index (χ4n) is 2.10. The predicted molar refractivity (Wildman–Crippen MR) is 66.2 cm³/mol. The average molecular weight is 227 g/mol. The number of hydrogen-bond donors (Lipinski definition) is 1. The van der Waals surface area contributed by atoms with Crippen molar-refractivity contribution in [2.75, 3.05) is 26.7 Å². The quantitative estimate of drug-likeness (QED) is 0.771. The van der Waals surface area contributed by atoms with E-state index in [0.717, 1.165) is 32.5 Å². The highest BCUT2D eigenvalue weighted by Crippen LogP contribution is 2.19. The summed E-state index contributed by atoms with van der Waals surface area (Å²) in [4.78, 5) is 16.3. The van der Waals surface area contributed by atoms with Crippen molar-refractivity contribution in [1.29, 1.82) is 0 Å². The maximum Gasteiger partial charge on any atom is 0.239 e. The van der Waals surface area contributed by atoms with Crippen molar-refractivity contribution in [3.8, 4) is 0 Å². The fraction of sp³-hybridized carbons (Fsp3) is 0.917. The minimum absolute atomic E-state index is 0.0554. The molecule has 0 saturated carbocycles. The molecule has 0 aliphatic carbocycles. The van der Waals surface area contributed by atoms with Crippen LogP contribution in [-0.4, -0.2) is 54.0 Å². The number of piperazine rings is 1. The van der Waals surface area contributed by atoms with Crippen LogP contribution in [0.5, 0.6) is 0 Å². The van der Waals surface area contributed by atoms with Crippen LogP contribution < -0.4 is 5.73 Å². The van der Waals surface area contributed by atoms with Crippen LogP contribution in [0.1, 0.15) is 33.6 Å². The third-order valence-electron chi connectivity index (χ3n) is 3.55. The van der Waals surface area contributed by atoms with Crippen LogP contribution >= 0.6 is 0 Å². The first-order valence-electron chi connectivity index (χ1n) is 6.14. The Morgan fingerprint density at radius 3 is 2.56 bits per heavy atom. The normalized spacial score (nSPS) is 23.2. The van der Waals surface area contributed by atoms with E-state index in [-0.39, 0.29) is 17.5 Å². The summed E-state index contributed by atoms with van der Waals surface area (Å²) in [5.41, 5.74) is 5.93. The Labute approximate surface area is 98.8 Å². The highest BCUT2D eigenvalue weighted by Gasteiger charge is 2.34. The van der Waals surface area contributed by atoms with Gasteiger partial charge in [0.1, 0.15) is 0 Å². The summed E-state index contributed by atoms with van der Waals surface area (Å²) in [5.74, 6) is 0.114. The lowest BCUT2D eigenvalue weighted by Crippen LogP contribution is -2.61. The Hall–Kier alpha value is -0.610. The van der Waals surface area contributed by atoms with E-state index in [1.807, 2.05) is 4.90 Å². The second-order valence-electron chi connectivity index (χ2n) is 5.39. The van der Waals surface area contributed by atoms with Gasteiger partial charge < -0.3 is 10.6 Å². The highest BCUT2D eigenvalue weighted by molar-refractivity contribution is 5.81. The number of hydrogen-bond acceptors (Lipinski definition) is 3. The minimum Gasteiger partial charge on any atom is -0.338 e. The molecule has 0 aromatic heterocycles. The van der Waals surface area contributed by atoms with Gasteiger partial charge in [-0.05, 0) is 27.3 Å². The van der Waals surface area contributed by atoms with E-state index in [9.17, 15) is 4.79 Å². The number of likely N-dealkylation sites (N-methyl/N-ethyl adjacent to an activating group) is 1. The van der Waals surface area contributed by atoms with Gasteiger partial charge in [0.05, 0.1) is 6.04 Å². The highest BCUT2D eigenvalue weighted by atomic mass is 16.2. The molecule has 4 nitrogen and oxygen atoms in total. The standard InChI is InChI=1S/C12H25N3O/c1-5-6-10(13)11(16)15-8-7-14(4)12(2,3)9-15/h10H,5-9,13H2,1-4H3/t10-/m1/s1. The van der Waals surface area contributed by atoms with Crippen LogP contribution in [0.2, 0.25) is 0 Å². The molecule has 16 heavy (non-hydrogen) atoms. The molecule has 2 N–H and O–H groups in total. The van der Waals surface area contributed by atoms with Crippen LogP contribution in [0.4, 0.5) is 0 Å². The Bertz CT molecular complexity index is 253. The maximum absolute atomic E-state index is 12.1. The van der Waals surface area contributed by atoms with Crippen LogP contribution in [0.15, 0.2) is 0 Å². The number of carbonyl (C=O) groups is 1. The Kier molecular flexibility index (Phi) is 4.33. The third-order valence-corrected chi connectivity index (χ3v) is 3.55. The summed E-state index contributed by atoms with van der Waals surface area (Å²) < 4.78 is 0. The summed E-state index contributed by atoms with van der Waals surface area (Å²) in [5, 5.41) is 0. The largest absolute Gasteiger partial charge is 0.338 e. The third kappa shape index (κ3) is 2.95. The SMILES string of the molecule is CCC[C@@H](N)C(=O)N1CCN(C)C(C)(C)C1. The van der Waals surface area contributed by atoms with Gasteiger partial charge in [0.15, 0.2) is 0 Å². The Morgan fingerprint density at radius 1 is 1.44 bits per heavy atom. The zero-order chi connectivity index (χ0) is 12.3. The van der Waals surface area contributed by atoms with E-state index in [2.05, 4.69) is 32.7 Å². The molecule has 1 aliphatic rings. The van der Waals surface area contributed by atoms with Gasteiger partial charge in [0.2, 0.25) is 5.91 Å². The topological polar surface area (TPSA) is 49.6 Å². The van der Waals surface area contributed by atoms with E-state index in [1.165, 1.54) is 0 Å². The van der Waals surface area contributed by atoms with Crippen molar-refractivity contribution in [2.24, 2.45) is 5.73 Å². The molecule has 0 aromatic rings. The monoisotopic (exact) mass is 227 g/mol. The Balaban J connectivity index is 2.59. The van der Waals surface area contributed by atoms with Crippen LogP contribution in [-0.2, 0) is 4.79 Å². The zero-order valence-corrected chi connectivity index (χ0v) is 11.0. The lowest BCUT2D eigenvalue weighted by Gasteiger charge is -2.45. The number of carbonyl (C=O) groups excluding carboxylic acids is 1. The fourth-order valence-corrected chi connectivity index (χ4v) is 2.10. The van der Waals surface area contributed by atoms with Gasteiger partial charge in [-0.15, -0.1) is 0 Å². The van der Waals surface area contributed by atoms with Crippen LogP contribution in [0.25, 0.3) is 0 Å². The van der Waals surface area contributed by atoms with E-state index >= 15 is 0 Å². The minimum atomic E-state index is -0.316. The molecule has 94 valence electrons. The van der Waals surface area contributed by atoms with Gasteiger partial charge in [-0.3, -0.25) is 9.69 Å². The van der Waals surface area contributed by atoms with Gasteiger partial charge >= 0.3 is 0 Å². The first kappa shape index (κ1) is 13.5. The summed E-state index contributed by atoms with van der Waals surface area (Å²) in [6.45, 7) is 8.89. The molecule has 1 saturated heterocycles. The summed E-state index contributed by atoms with van der Waals surface area (Å²) >= 11 is 0. The van der Waals surface area contributed by atoms with Crippen LogP contribution in [0.3, 0.4) is 0 Å². The molecule has 0 aromatic carbocycles. The average Bonchev–Trinajstić information content (AvgIpc) is 2.21. The molecule has 0 spiro atoms. The summed E-state index contributed by atoms with van der Waals surface area (Å²) in [6.07, 6.45) is 1.75. The number of amides is 1. The van der Waals surface area contributed by atoms with Gasteiger partial charge in [0.25, 0.3) is 0 Å². The molecule has 1 aliphatic heterocycles. The van der Waals surface area contributed by atoms with E-state index < -0.39 is 0 Å². The van der Waals surface area contributed by atoms with E-state index in [0.29, 0.717) is 0 Å². The molecular weight excluding hydrogens is 202 g/mol. The molecule has 1 fully saturated rings. The summed E-state index contributed by atoms with van der Waals surface area (Å²) in [7, 11) is 2.10. The number of nitrogens with zero attached hydrogens (tertiary/aromatic N) is 2. The molecule has 0 unspecified atom stereocenters. The van der Waals surface area contributed by atoms with Gasteiger partial charge in [-0.25, -0.2) is 0 Å². The Morgan fingerprint density at radius 2 is 2.06 bits per heavy atom. The van der Waals surface area contributed by atoms with Crippen molar-refractivity contribution >= 4 is 5.91 Å². The molecule has 4 heteroatoms. The lowest BCUT2D eigenvalue weighted by atomic mass is 9.99. The van der Waals surface area contributed by atoms with Crippen molar-refractivity contribution in [3.63, 3.8) is 0 Å². The predicted octanol–water partition coefficient (Wildman–Crippen LogP) is 0.666. The van der Waals surface area contributed by atoms with Gasteiger partial charge in [-0.2, -0.15) is 0 Å². The van der Waals surface area contributed by atoms with E-state index in [4.69, 9.17) is 5.73 Å². The van der Waals surface area contributed by atoms with E-state index in [1.54, 1.807) is 0 Å². The molecule has 0 radical (unpaired) electrons. The maximum atomic E-state index is 12.1. The second-order valence-corrected chi connectivity index (χ2v) is 5.39. The van der Waals surface area contributed by atoms with Crippen molar-refractivity contribution < 1.29 is 4.79 Å². The van der Waals surface area contributed by atoms with Gasteiger partial charge in [-0.1, -0.05) is 13.3 Å². The molecule has 1 rings (SSSR count). The molecule has 1 heterocycles. The molecule has 0 bridgehead atoms.